The Morgan fingerprint density at radius 3 is 2.72 bits per heavy atom. The van der Waals surface area contributed by atoms with Crippen molar-refractivity contribution in [3.8, 4) is 12.3 Å². The van der Waals surface area contributed by atoms with Crippen LogP contribution < -0.4 is 4.31 Å². The van der Waals surface area contributed by atoms with Gasteiger partial charge in [0.25, 0.3) is 10.0 Å². The Kier molecular flexibility index (Phi) is 4.58. The smallest absolute Gasteiger partial charge is 0.270 e. The minimum Gasteiger partial charge on any atom is -0.505 e. The summed E-state index contributed by atoms with van der Waals surface area (Å²) in [5, 5.41) is 11.6. The van der Waals surface area contributed by atoms with Gasteiger partial charge >= 0.3 is 0 Å². The third kappa shape index (κ3) is 2.81. The number of aliphatic hydroxyl groups is 1. The molecule has 0 radical (unpaired) electrons. The molecule has 1 aliphatic rings. The van der Waals surface area contributed by atoms with Gasteiger partial charge in [0, 0.05) is 5.56 Å². The summed E-state index contributed by atoms with van der Waals surface area (Å²) in [6.45, 7) is 3.69. The largest absolute Gasteiger partial charge is 0.505 e. The van der Waals surface area contributed by atoms with E-state index in [9.17, 15) is 13.5 Å². The maximum atomic E-state index is 13.2. The van der Waals surface area contributed by atoms with Crippen molar-refractivity contribution < 1.29 is 13.5 Å². The summed E-state index contributed by atoms with van der Waals surface area (Å²) in [7, 11) is -4.00. The van der Waals surface area contributed by atoms with Crippen LogP contribution in [0.3, 0.4) is 0 Å². The summed E-state index contributed by atoms with van der Waals surface area (Å²) in [4.78, 5) is 4.75. The fourth-order valence-corrected chi connectivity index (χ4v) is 5.71. The Morgan fingerprint density at radius 1 is 1.36 bits per heavy atom. The van der Waals surface area contributed by atoms with Gasteiger partial charge in [-0.05, 0) is 25.3 Å². The molecule has 0 amide bonds. The number of nitrogens with zero attached hydrogens (tertiary/aromatic N) is 2. The lowest BCUT2D eigenvalue weighted by Crippen LogP contribution is -2.35. The molecule has 130 valence electrons. The van der Waals surface area contributed by atoms with E-state index in [0.29, 0.717) is 16.9 Å². The summed E-state index contributed by atoms with van der Waals surface area (Å²) in [6, 6.07) is 7.06. The predicted octanol–water partition coefficient (Wildman–Crippen LogP) is 3.57. The summed E-state index contributed by atoms with van der Waals surface area (Å²) in [6.07, 6.45) is 6.99. The van der Waals surface area contributed by atoms with Gasteiger partial charge in [0.2, 0.25) is 0 Å². The van der Waals surface area contributed by atoms with Crippen LogP contribution in [0.25, 0.3) is 10.7 Å². The SMILES string of the molecule is C#CCN1c2nc(CCC)sc2C(O)=C(c2ccccc2C)S1(=O)=O. The van der Waals surface area contributed by atoms with Crippen LogP contribution in [-0.4, -0.2) is 25.1 Å². The Morgan fingerprint density at radius 2 is 2.08 bits per heavy atom. The van der Waals surface area contributed by atoms with Crippen molar-refractivity contribution in [3.63, 3.8) is 0 Å². The Hall–Kier alpha value is -2.30. The van der Waals surface area contributed by atoms with Crippen molar-refractivity contribution >= 4 is 37.8 Å². The zero-order valence-electron chi connectivity index (χ0n) is 14.0. The molecule has 0 atom stereocenters. The van der Waals surface area contributed by atoms with Gasteiger partial charge in [-0.3, -0.25) is 0 Å². The van der Waals surface area contributed by atoms with E-state index in [0.717, 1.165) is 21.3 Å². The van der Waals surface area contributed by atoms with Gasteiger partial charge < -0.3 is 5.11 Å². The van der Waals surface area contributed by atoms with E-state index in [4.69, 9.17) is 6.42 Å². The van der Waals surface area contributed by atoms with E-state index in [-0.39, 0.29) is 23.0 Å². The predicted molar refractivity (Wildman–Crippen MR) is 102 cm³/mol. The average Bonchev–Trinajstić information content (AvgIpc) is 2.97. The number of hydrogen-bond acceptors (Lipinski definition) is 5. The molecule has 0 saturated heterocycles. The Bertz CT molecular complexity index is 998. The summed E-state index contributed by atoms with van der Waals surface area (Å²) in [5.41, 5.74) is 1.23. The Balaban J connectivity index is 2.32. The van der Waals surface area contributed by atoms with Crippen LogP contribution in [0.5, 0.6) is 0 Å². The van der Waals surface area contributed by atoms with E-state index in [1.54, 1.807) is 25.1 Å². The molecular weight excluding hydrogens is 356 g/mol. The molecule has 1 N–H and O–H groups in total. The molecule has 25 heavy (non-hydrogen) atoms. The lowest BCUT2D eigenvalue weighted by atomic mass is 10.1. The van der Waals surface area contributed by atoms with Gasteiger partial charge in [-0.25, -0.2) is 17.7 Å². The number of fused-ring (bicyclic) bond motifs is 1. The number of terminal acetylenes is 1. The number of thiazole rings is 1. The van der Waals surface area contributed by atoms with Crippen molar-refractivity contribution in [3.05, 3.63) is 45.3 Å². The van der Waals surface area contributed by atoms with Gasteiger partial charge in [-0.15, -0.1) is 17.8 Å². The summed E-state index contributed by atoms with van der Waals surface area (Å²) >= 11 is 1.31. The van der Waals surface area contributed by atoms with Crippen molar-refractivity contribution in [1.82, 2.24) is 4.98 Å². The second kappa shape index (κ2) is 6.54. The molecule has 1 aromatic carbocycles. The molecule has 2 aromatic rings. The third-order valence-corrected chi connectivity index (χ3v) is 6.88. The first-order valence-electron chi connectivity index (χ1n) is 7.87. The molecule has 1 aromatic heterocycles. The monoisotopic (exact) mass is 374 g/mol. The fourth-order valence-electron chi connectivity index (χ4n) is 2.79. The number of hydrogen-bond donors (Lipinski definition) is 1. The Labute approximate surface area is 151 Å². The normalized spacial score (nSPS) is 15.8. The van der Waals surface area contributed by atoms with E-state index < -0.39 is 10.0 Å². The first-order chi connectivity index (χ1) is 11.9. The number of sulfonamides is 1. The average molecular weight is 374 g/mol. The molecule has 0 unspecified atom stereocenters. The molecule has 0 spiro atoms. The van der Waals surface area contributed by atoms with Crippen molar-refractivity contribution in [1.29, 1.82) is 0 Å². The highest BCUT2D eigenvalue weighted by Gasteiger charge is 2.41. The van der Waals surface area contributed by atoms with E-state index in [1.165, 1.54) is 11.3 Å². The number of anilines is 1. The van der Waals surface area contributed by atoms with Crippen LogP contribution >= 0.6 is 11.3 Å². The number of benzene rings is 1. The number of aryl methyl sites for hydroxylation is 2. The molecule has 7 heteroatoms. The van der Waals surface area contributed by atoms with Gasteiger partial charge in [0.05, 0.1) is 11.6 Å². The zero-order valence-corrected chi connectivity index (χ0v) is 15.6. The van der Waals surface area contributed by atoms with Gasteiger partial charge in [-0.2, -0.15) is 0 Å². The van der Waals surface area contributed by atoms with Crippen LogP contribution in [0.15, 0.2) is 24.3 Å². The van der Waals surface area contributed by atoms with Crippen molar-refractivity contribution in [2.45, 2.75) is 26.7 Å². The van der Waals surface area contributed by atoms with Crippen molar-refractivity contribution in [2.75, 3.05) is 10.8 Å². The van der Waals surface area contributed by atoms with E-state index in [2.05, 4.69) is 10.9 Å². The highest BCUT2D eigenvalue weighted by atomic mass is 32.2. The van der Waals surface area contributed by atoms with Crippen LogP contribution in [0.2, 0.25) is 0 Å². The van der Waals surface area contributed by atoms with Crippen molar-refractivity contribution in [2.24, 2.45) is 0 Å². The summed E-state index contributed by atoms with van der Waals surface area (Å²) in [5.74, 6) is 2.35. The second-order valence-electron chi connectivity index (χ2n) is 5.72. The van der Waals surface area contributed by atoms with Gasteiger partial charge in [-0.1, -0.05) is 37.1 Å². The molecule has 0 fully saturated rings. The van der Waals surface area contributed by atoms with Crippen LogP contribution in [0, 0.1) is 19.3 Å². The molecule has 0 aliphatic carbocycles. The summed E-state index contributed by atoms with van der Waals surface area (Å²) < 4.78 is 27.5. The zero-order chi connectivity index (χ0) is 18.2. The minimum absolute atomic E-state index is 0.111. The topological polar surface area (TPSA) is 70.5 Å². The molecule has 1 aliphatic heterocycles. The van der Waals surface area contributed by atoms with Gasteiger partial charge in [0.15, 0.2) is 11.6 Å². The molecule has 0 saturated carbocycles. The molecule has 5 nitrogen and oxygen atoms in total. The highest BCUT2D eigenvalue weighted by molar-refractivity contribution is 8.02. The molecule has 0 bridgehead atoms. The number of rotatable bonds is 4. The molecule has 2 heterocycles. The number of aliphatic hydroxyl groups excluding tert-OH is 1. The third-order valence-electron chi connectivity index (χ3n) is 3.96. The first-order valence-corrected chi connectivity index (χ1v) is 10.1. The minimum atomic E-state index is -4.00. The van der Waals surface area contributed by atoms with Crippen LogP contribution in [-0.2, 0) is 16.4 Å². The maximum absolute atomic E-state index is 13.2. The maximum Gasteiger partial charge on any atom is 0.270 e. The molecular formula is C18H18N2O3S2. The van der Waals surface area contributed by atoms with Crippen LogP contribution in [0.4, 0.5) is 5.82 Å². The lowest BCUT2D eigenvalue weighted by Gasteiger charge is -2.27. The number of aromatic nitrogens is 1. The van der Waals surface area contributed by atoms with Crippen LogP contribution in [0.1, 0.15) is 34.4 Å². The first kappa shape index (κ1) is 17.5. The quantitative estimate of drug-likeness (QED) is 0.831. The molecule has 3 rings (SSSR count). The van der Waals surface area contributed by atoms with E-state index >= 15 is 0 Å². The lowest BCUT2D eigenvalue weighted by molar-refractivity contribution is 0.514. The van der Waals surface area contributed by atoms with E-state index in [1.807, 2.05) is 13.0 Å². The second-order valence-corrected chi connectivity index (χ2v) is 8.60. The standard InChI is InChI=1S/C18H18N2O3S2/c1-4-8-14-19-18-16(24-14)15(21)17(13-10-7-6-9-12(13)3)25(22,23)20(18)11-5-2/h2,6-7,9-10,21H,4,8,11H2,1,3H3. The fraction of sp³-hybridized carbons (Fsp3) is 0.278. The highest BCUT2D eigenvalue weighted by Crippen LogP contribution is 2.45. The van der Waals surface area contributed by atoms with Gasteiger partial charge in [0.1, 0.15) is 9.78 Å².